The highest BCUT2D eigenvalue weighted by Crippen LogP contribution is 2.24. The summed E-state index contributed by atoms with van der Waals surface area (Å²) >= 11 is 3.40. The molecule has 1 N–H and O–H groups in total. The third-order valence-electron chi connectivity index (χ3n) is 3.18. The summed E-state index contributed by atoms with van der Waals surface area (Å²) in [5.41, 5.74) is 1.15. The number of hydrogen-bond acceptors (Lipinski definition) is 2. The monoisotopic (exact) mass is 284 g/mol. The number of aliphatic hydroxyl groups is 1. The molecule has 1 aromatic carbocycles. The first-order chi connectivity index (χ1) is 7.66. The largest absolute Gasteiger partial charge is 0.390 e. The van der Waals surface area contributed by atoms with Crippen LogP contribution in [0.1, 0.15) is 18.9 Å². The van der Waals surface area contributed by atoms with E-state index in [-0.39, 0.29) is 6.10 Å². The second-order valence-electron chi connectivity index (χ2n) is 4.50. The molecule has 1 fully saturated rings. The van der Waals surface area contributed by atoms with Crippen LogP contribution < -0.4 is 0 Å². The van der Waals surface area contributed by atoms with Gasteiger partial charge in [0.1, 0.15) is 0 Å². The second kappa shape index (κ2) is 5.30. The zero-order valence-electron chi connectivity index (χ0n) is 9.40. The fourth-order valence-corrected chi connectivity index (χ4v) is 2.45. The molecule has 2 rings (SSSR count). The average Bonchev–Trinajstić information content (AvgIpc) is 2.68. The van der Waals surface area contributed by atoms with Gasteiger partial charge in [-0.25, -0.2) is 0 Å². The highest BCUT2D eigenvalue weighted by molar-refractivity contribution is 9.10. The van der Waals surface area contributed by atoms with Crippen molar-refractivity contribution < 1.29 is 9.84 Å². The fourth-order valence-electron chi connectivity index (χ4n) is 2.19. The van der Waals surface area contributed by atoms with Gasteiger partial charge in [-0.15, -0.1) is 0 Å². The molecule has 1 aliphatic heterocycles. The summed E-state index contributed by atoms with van der Waals surface area (Å²) in [6, 6.07) is 8.07. The maximum Gasteiger partial charge on any atom is 0.0863 e. The Labute approximate surface area is 105 Å². The van der Waals surface area contributed by atoms with Gasteiger partial charge >= 0.3 is 0 Å². The molecule has 2 nitrogen and oxygen atoms in total. The van der Waals surface area contributed by atoms with Crippen LogP contribution in [0.4, 0.5) is 0 Å². The van der Waals surface area contributed by atoms with Crippen molar-refractivity contribution >= 4 is 15.9 Å². The van der Waals surface area contributed by atoms with Gasteiger partial charge in [0.15, 0.2) is 0 Å². The topological polar surface area (TPSA) is 29.5 Å². The molecule has 0 amide bonds. The minimum Gasteiger partial charge on any atom is -0.390 e. The summed E-state index contributed by atoms with van der Waals surface area (Å²) in [4.78, 5) is 0. The molecular weight excluding hydrogens is 268 g/mol. The predicted molar refractivity (Wildman–Crippen MR) is 67.4 cm³/mol. The van der Waals surface area contributed by atoms with Crippen LogP contribution in [0.5, 0.6) is 0 Å². The number of aliphatic hydroxyl groups excluding tert-OH is 1. The minimum absolute atomic E-state index is 0.00338. The van der Waals surface area contributed by atoms with E-state index >= 15 is 0 Å². The lowest BCUT2D eigenvalue weighted by Crippen LogP contribution is -2.31. The van der Waals surface area contributed by atoms with Crippen molar-refractivity contribution in [3.8, 4) is 0 Å². The molecule has 16 heavy (non-hydrogen) atoms. The molecule has 3 unspecified atom stereocenters. The van der Waals surface area contributed by atoms with Crippen molar-refractivity contribution in [2.45, 2.75) is 32.0 Å². The SMILES string of the molecule is CC1CCOC1C(O)Cc1ccc(Br)cc1. The minimum atomic E-state index is -0.390. The zero-order chi connectivity index (χ0) is 11.5. The van der Waals surface area contributed by atoms with Crippen LogP contribution in [0, 0.1) is 5.92 Å². The first-order valence-corrected chi connectivity index (χ1v) is 6.50. The Morgan fingerprint density at radius 1 is 1.44 bits per heavy atom. The van der Waals surface area contributed by atoms with Crippen molar-refractivity contribution in [3.63, 3.8) is 0 Å². The maximum absolute atomic E-state index is 10.1. The molecule has 0 spiro atoms. The normalized spacial score (nSPS) is 26.9. The van der Waals surface area contributed by atoms with Crippen LogP contribution in [0.3, 0.4) is 0 Å². The van der Waals surface area contributed by atoms with E-state index < -0.39 is 6.10 Å². The molecule has 1 heterocycles. The standard InChI is InChI=1S/C13H17BrO2/c1-9-6-7-16-13(9)12(15)8-10-2-4-11(14)5-3-10/h2-5,9,12-13,15H,6-8H2,1H3. The Hall–Kier alpha value is -0.380. The molecule has 0 aromatic heterocycles. The number of benzene rings is 1. The van der Waals surface area contributed by atoms with E-state index in [9.17, 15) is 5.11 Å². The summed E-state index contributed by atoms with van der Waals surface area (Å²) in [5, 5.41) is 10.1. The Kier molecular flexibility index (Phi) is 4.00. The molecular formula is C13H17BrO2. The van der Waals surface area contributed by atoms with Crippen LogP contribution >= 0.6 is 15.9 Å². The number of halogens is 1. The summed E-state index contributed by atoms with van der Waals surface area (Å²) in [7, 11) is 0. The van der Waals surface area contributed by atoms with Crippen LogP contribution in [0.15, 0.2) is 28.7 Å². The Morgan fingerprint density at radius 2 is 2.12 bits per heavy atom. The number of hydrogen-bond donors (Lipinski definition) is 1. The van der Waals surface area contributed by atoms with Crippen LogP contribution in [-0.4, -0.2) is 23.9 Å². The van der Waals surface area contributed by atoms with E-state index in [2.05, 4.69) is 22.9 Å². The first kappa shape index (κ1) is 12.1. The highest BCUT2D eigenvalue weighted by atomic mass is 79.9. The van der Waals surface area contributed by atoms with Crippen LogP contribution in [0.25, 0.3) is 0 Å². The van der Waals surface area contributed by atoms with Crippen molar-refractivity contribution in [3.05, 3.63) is 34.3 Å². The average molecular weight is 285 g/mol. The Balaban J connectivity index is 1.96. The van der Waals surface area contributed by atoms with Gasteiger partial charge in [0.2, 0.25) is 0 Å². The van der Waals surface area contributed by atoms with E-state index in [1.54, 1.807) is 0 Å². The lowest BCUT2D eigenvalue weighted by atomic mass is 9.95. The first-order valence-electron chi connectivity index (χ1n) is 5.71. The van der Waals surface area contributed by atoms with E-state index in [1.807, 2.05) is 24.3 Å². The summed E-state index contributed by atoms with van der Waals surface area (Å²) in [5.74, 6) is 0.463. The van der Waals surface area contributed by atoms with E-state index in [0.29, 0.717) is 12.3 Å². The number of ether oxygens (including phenoxy) is 1. The third-order valence-corrected chi connectivity index (χ3v) is 3.71. The molecule has 0 bridgehead atoms. The maximum atomic E-state index is 10.1. The Morgan fingerprint density at radius 3 is 2.69 bits per heavy atom. The van der Waals surface area contributed by atoms with Crippen molar-refractivity contribution in [2.75, 3.05) is 6.61 Å². The van der Waals surface area contributed by atoms with Crippen molar-refractivity contribution in [2.24, 2.45) is 5.92 Å². The molecule has 88 valence electrons. The van der Waals surface area contributed by atoms with Gasteiger partial charge in [-0.1, -0.05) is 35.0 Å². The van der Waals surface area contributed by atoms with E-state index in [1.165, 1.54) is 0 Å². The van der Waals surface area contributed by atoms with Gasteiger partial charge in [-0.05, 0) is 30.0 Å². The van der Waals surface area contributed by atoms with Gasteiger partial charge in [-0.2, -0.15) is 0 Å². The molecule has 1 saturated heterocycles. The summed E-state index contributed by atoms with van der Waals surface area (Å²) in [6.45, 7) is 2.92. The molecule has 1 aliphatic rings. The molecule has 1 aromatic rings. The van der Waals surface area contributed by atoms with Crippen LogP contribution in [-0.2, 0) is 11.2 Å². The fraction of sp³-hybridized carbons (Fsp3) is 0.538. The second-order valence-corrected chi connectivity index (χ2v) is 5.41. The van der Waals surface area contributed by atoms with Crippen molar-refractivity contribution in [1.82, 2.24) is 0 Å². The third kappa shape index (κ3) is 2.84. The molecule has 0 aliphatic carbocycles. The molecule has 0 radical (unpaired) electrons. The van der Waals surface area contributed by atoms with Gasteiger partial charge in [0.05, 0.1) is 12.2 Å². The van der Waals surface area contributed by atoms with E-state index in [0.717, 1.165) is 23.1 Å². The van der Waals surface area contributed by atoms with Gasteiger partial charge in [0.25, 0.3) is 0 Å². The Bertz CT molecular complexity index is 336. The van der Waals surface area contributed by atoms with Gasteiger partial charge < -0.3 is 9.84 Å². The predicted octanol–water partition coefficient (Wildman–Crippen LogP) is 2.78. The van der Waals surface area contributed by atoms with Gasteiger partial charge in [-0.3, -0.25) is 0 Å². The lowest BCUT2D eigenvalue weighted by molar-refractivity contribution is -0.0157. The van der Waals surface area contributed by atoms with Crippen molar-refractivity contribution in [1.29, 1.82) is 0 Å². The zero-order valence-corrected chi connectivity index (χ0v) is 11.0. The number of rotatable bonds is 3. The molecule has 3 heteroatoms. The quantitative estimate of drug-likeness (QED) is 0.925. The lowest BCUT2D eigenvalue weighted by Gasteiger charge is -2.21. The summed E-state index contributed by atoms with van der Waals surface area (Å²) < 4.78 is 6.63. The molecule has 0 saturated carbocycles. The highest BCUT2D eigenvalue weighted by Gasteiger charge is 2.30. The van der Waals surface area contributed by atoms with Gasteiger partial charge in [0, 0.05) is 17.5 Å². The smallest absolute Gasteiger partial charge is 0.0863 e. The van der Waals surface area contributed by atoms with Crippen LogP contribution in [0.2, 0.25) is 0 Å². The molecule has 3 atom stereocenters. The van der Waals surface area contributed by atoms with E-state index in [4.69, 9.17) is 4.74 Å². The summed E-state index contributed by atoms with van der Waals surface area (Å²) in [6.07, 6.45) is 1.34.